The Kier molecular flexibility index (Phi) is 8.53. The number of para-hydroxylation sites is 1. The Morgan fingerprint density at radius 1 is 0.925 bits per heavy atom. The molecule has 0 radical (unpaired) electrons. The normalized spacial score (nSPS) is 15.0. The third-order valence-corrected chi connectivity index (χ3v) is 7.40. The maximum atomic E-state index is 14.1. The van der Waals surface area contributed by atoms with Gasteiger partial charge in [0.1, 0.15) is 11.4 Å². The molecule has 0 aliphatic carbocycles. The van der Waals surface area contributed by atoms with Crippen molar-refractivity contribution in [2.75, 3.05) is 18.0 Å². The minimum atomic E-state index is -0.314. The first-order chi connectivity index (χ1) is 19.4. The number of anilines is 1. The Morgan fingerprint density at radius 2 is 1.65 bits per heavy atom. The van der Waals surface area contributed by atoms with Gasteiger partial charge >= 0.3 is 0 Å². The predicted molar refractivity (Wildman–Crippen MR) is 154 cm³/mol. The first kappa shape index (κ1) is 27.5. The molecule has 0 saturated heterocycles. The van der Waals surface area contributed by atoms with E-state index >= 15 is 0 Å². The van der Waals surface area contributed by atoms with Crippen LogP contribution in [0.15, 0.2) is 67.0 Å². The van der Waals surface area contributed by atoms with E-state index < -0.39 is 0 Å². The van der Waals surface area contributed by atoms with Crippen LogP contribution in [-0.2, 0) is 11.3 Å². The third-order valence-electron chi connectivity index (χ3n) is 7.40. The summed E-state index contributed by atoms with van der Waals surface area (Å²) < 4.78 is 15.2. The monoisotopic (exact) mass is 541 g/mol. The van der Waals surface area contributed by atoms with Crippen molar-refractivity contribution < 1.29 is 14.0 Å². The Hall–Kier alpha value is -4.07. The molecule has 4 aromatic rings. The summed E-state index contributed by atoms with van der Waals surface area (Å²) in [7, 11) is 0. The van der Waals surface area contributed by atoms with Crippen LogP contribution < -0.4 is 4.90 Å². The minimum absolute atomic E-state index is 0.123. The van der Waals surface area contributed by atoms with E-state index in [1.54, 1.807) is 35.1 Å². The summed E-state index contributed by atoms with van der Waals surface area (Å²) in [6.07, 6.45) is 8.70. The molecule has 5 rings (SSSR count). The minimum Gasteiger partial charge on any atom is -0.334 e. The van der Waals surface area contributed by atoms with E-state index in [-0.39, 0.29) is 23.5 Å². The summed E-state index contributed by atoms with van der Waals surface area (Å²) in [6.45, 7) is 5.79. The van der Waals surface area contributed by atoms with Crippen LogP contribution >= 0.6 is 0 Å². The van der Waals surface area contributed by atoms with Gasteiger partial charge in [0.2, 0.25) is 5.91 Å². The average molecular weight is 542 g/mol. The van der Waals surface area contributed by atoms with Gasteiger partial charge in [-0.15, -0.1) is 0 Å². The molecule has 0 atom stereocenters. The molecule has 8 heteroatoms. The second-order valence-electron chi connectivity index (χ2n) is 10.9. The summed E-state index contributed by atoms with van der Waals surface area (Å²) in [4.78, 5) is 35.6. The number of amides is 2. The van der Waals surface area contributed by atoms with Crippen molar-refractivity contribution in [2.24, 2.45) is 5.92 Å². The van der Waals surface area contributed by atoms with E-state index in [4.69, 9.17) is 0 Å². The second-order valence-corrected chi connectivity index (χ2v) is 10.9. The van der Waals surface area contributed by atoms with Crippen LogP contribution in [0.3, 0.4) is 0 Å². The van der Waals surface area contributed by atoms with Crippen LogP contribution in [0.5, 0.6) is 0 Å². The largest absolute Gasteiger partial charge is 0.334 e. The fourth-order valence-corrected chi connectivity index (χ4v) is 5.36. The number of benzene rings is 2. The van der Waals surface area contributed by atoms with Gasteiger partial charge in [0, 0.05) is 43.5 Å². The Balaban J connectivity index is 1.49. The van der Waals surface area contributed by atoms with Crippen molar-refractivity contribution in [3.8, 4) is 11.3 Å². The topological polar surface area (TPSA) is 70.8 Å². The predicted octanol–water partition coefficient (Wildman–Crippen LogP) is 6.52. The number of aromatic nitrogens is 3. The number of hydrogen-bond donors (Lipinski definition) is 0. The molecule has 1 aliphatic heterocycles. The number of carbonyl (C=O) groups is 2. The van der Waals surface area contributed by atoms with Gasteiger partial charge in [-0.3, -0.25) is 9.59 Å². The molecule has 2 amide bonds. The standard InChI is InChI=1S/C32H36FN5O2/c1-23(2)20-30(39)37-19-9-5-3-4-8-18-36(22-25-10-6-7-11-28(25)37)32(40)27-21-35-38-29(16-17-34-31(27)38)24-12-14-26(33)15-13-24/h6-7,10-17,21,23H,3-5,8-9,18-20,22H2,1-2H3. The molecule has 7 nitrogen and oxygen atoms in total. The van der Waals surface area contributed by atoms with Crippen LogP contribution in [0.25, 0.3) is 16.9 Å². The lowest BCUT2D eigenvalue weighted by Crippen LogP contribution is -2.36. The van der Waals surface area contributed by atoms with Crippen molar-refractivity contribution >= 4 is 23.1 Å². The van der Waals surface area contributed by atoms with Gasteiger partial charge in [-0.05, 0) is 60.7 Å². The van der Waals surface area contributed by atoms with Crippen molar-refractivity contribution in [3.63, 3.8) is 0 Å². The van der Waals surface area contributed by atoms with Crippen LogP contribution in [0.4, 0.5) is 10.1 Å². The molecule has 0 unspecified atom stereocenters. The molecule has 2 aromatic heterocycles. The van der Waals surface area contributed by atoms with E-state index in [0.29, 0.717) is 37.3 Å². The quantitative estimate of drug-likeness (QED) is 0.295. The molecule has 0 saturated carbocycles. The van der Waals surface area contributed by atoms with E-state index in [1.807, 2.05) is 34.1 Å². The van der Waals surface area contributed by atoms with Crippen molar-refractivity contribution in [1.82, 2.24) is 19.5 Å². The van der Waals surface area contributed by atoms with Gasteiger partial charge < -0.3 is 9.80 Å². The average Bonchev–Trinajstić information content (AvgIpc) is 3.37. The Labute approximate surface area is 234 Å². The number of halogens is 1. The molecule has 0 N–H and O–H groups in total. The summed E-state index contributed by atoms with van der Waals surface area (Å²) >= 11 is 0. The molecule has 0 spiro atoms. The number of rotatable bonds is 4. The molecular formula is C32H36FN5O2. The number of nitrogens with zero attached hydrogens (tertiary/aromatic N) is 5. The molecular weight excluding hydrogens is 505 g/mol. The van der Waals surface area contributed by atoms with Crippen molar-refractivity contribution in [2.45, 2.75) is 58.9 Å². The molecule has 1 aliphatic rings. The molecule has 3 heterocycles. The van der Waals surface area contributed by atoms with Gasteiger partial charge in [0.15, 0.2) is 5.65 Å². The summed E-state index contributed by atoms with van der Waals surface area (Å²) in [5.41, 5.74) is 4.21. The fraction of sp³-hybridized carbons (Fsp3) is 0.375. The lowest BCUT2D eigenvalue weighted by Gasteiger charge is -2.29. The van der Waals surface area contributed by atoms with Crippen LogP contribution in [0.1, 0.15) is 68.3 Å². The lowest BCUT2D eigenvalue weighted by atomic mass is 10.0. The van der Waals surface area contributed by atoms with Crippen LogP contribution in [0, 0.1) is 11.7 Å². The van der Waals surface area contributed by atoms with E-state index in [9.17, 15) is 14.0 Å². The van der Waals surface area contributed by atoms with E-state index in [2.05, 4.69) is 23.9 Å². The summed E-state index contributed by atoms with van der Waals surface area (Å²) in [5, 5.41) is 4.50. The van der Waals surface area contributed by atoms with E-state index in [1.165, 1.54) is 12.1 Å². The summed E-state index contributed by atoms with van der Waals surface area (Å²) in [5.74, 6) is -0.0734. The van der Waals surface area contributed by atoms with Gasteiger partial charge in [-0.2, -0.15) is 5.10 Å². The second kappa shape index (κ2) is 12.4. The molecule has 40 heavy (non-hydrogen) atoms. The highest BCUT2D eigenvalue weighted by Gasteiger charge is 2.25. The zero-order valence-corrected chi connectivity index (χ0v) is 23.2. The van der Waals surface area contributed by atoms with E-state index in [0.717, 1.165) is 54.6 Å². The number of fused-ring (bicyclic) bond motifs is 2. The van der Waals surface area contributed by atoms with Gasteiger partial charge in [-0.1, -0.05) is 51.3 Å². The Morgan fingerprint density at radius 3 is 2.42 bits per heavy atom. The molecule has 208 valence electrons. The van der Waals surface area contributed by atoms with Crippen LogP contribution in [-0.4, -0.2) is 44.4 Å². The van der Waals surface area contributed by atoms with Crippen LogP contribution in [0.2, 0.25) is 0 Å². The summed E-state index contributed by atoms with van der Waals surface area (Å²) in [6, 6.07) is 15.9. The lowest BCUT2D eigenvalue weighted by molar-refractivity contribution is -0.119. The van der Waals surface area contributed by atoms with Gasteiger partial charge in [0.25, 0.3) is 5.91 Å². The smallest absolute Gasteiger partial charge is 0.259 e. The third kappa shape index (κ3) is 6.06. The van der Waals surface area contributed by atoms with Gasteiger partial charge in [-0.25, -0.2) is 13.9 Å². The highest BCUT2D eigenvalue weighted by molar-refractivity contribution is 6.00. The molecule has 2 aromatic carbocycles. The first-order valence-electron chi connectivity index (χ1n) is 14.2. The fourth-order valence-electron chi connectivity index (χ4n) is 5.36. The Bertz CT molecular complexity index is 1480. The van der Waals surface area contributed by atoms with Crippen molar-refractivity contribution in [1.29, 1.82) is 0 Å². The SMILES string of the molecule is CC(C)CC(=O)N1CCCCCCCN(C(=O)c2cnn3c(-c4ccc(F)cc4)ccnc23)Cc2ccccc21. The number of hydrogen-bond acceptors (Lipinski definition) is 4. The zero-order valence-electron chi connectivity index (χ0n) is 23.2. The number of carbonyl (C=O) groups excluding carboxylic acids is 2. The zero-order chi connectivity index (χ0) is 28.1. The van der Waals surface area contributed by atoms with Crippen molar-refractivity contribution in [3.05, 3.63) is 83.9 Å². The highest BCUT2D eigenvalue weighted by atomic mass is 19.1. The molecule has 0 bridgehead atoms. The maximum Gasteiger partial charge on any atom is 0.259 e. The highest BCUT2D eigenvalue weighted by Crippen LogP contribution is 2.27. The molecule has 0 fully saturated rings. The first-order valence-corrected chi connectivity index (χ1v) is 14.2. The maximum absolute atomic E-state index is 14.1. The van der Waals surface area contributed by atoms with Gasteiger partial charge in [0.05, 0.1) is 11.9 Å².